The molecule has 1 aromatic heterocycles. The van der Waals surface area contributed by atoms with Crippen LogP contribution in [-0.4, -0.2) is 46.2 Å². The third-order valence-electron chi connectivity index (χ3n) is 2.81. The molecule has 0 aromatic carbocycles. The van der Waals surface area contributed by atoms with Gasteiger partial charge in [0.05, 0.1) is 11.7 Å². The van der Waals surface area contributed by atoms with E-state index in [-0.39, 0.29) is 23.3 Å². The maximum atomic E-state index is 11.9. The summed E-state index contributed by atoms with van der Waals surface area (Å²) in [5, 5.41) is 18.0. The molecule has 1 aliphatic heterocycles. The van der Waals surface area contributed by atoms with Crippen LogP contribution in [0.25, 0.3) is 0 Å². The second-order valence-electron chi connectivity index (χ2n) is 4.03. The number of amides is 1. The highest BCUT2D eigenvalue weighted by molar-refractivity contribution is 5.95. The van der Waals surface area contributed by atoms with Gasteiger partial charge in [0.2, 0.25) is 0 Å². The fourth-order valence-electron chi connectivity index (χ4n) is 1.79. The van der Waals surface area contributed by atoms with Crippen LogP contribution in [0.5, 0.6) is 0 Å². The van der Waals surface area contributed by atoms with Gasteiger partial charge in [-0.2, -0.15) is 0 Å². The Morgan fingerprint density at radius 3 is 2.53 bits per heavy atom. The molecule has 0 unspecified atom stereocenters. The number of aromatic carboxylic acids is 1. The van der Waals surface area contributed by atoms with E-state index in [9.17, 15) is 14.7 Å². The Labute approximate surface area is 97.4 Å². The number of hydrogen-bond acceptors (Lipinski definition) is 4. The van der Waals surface area contributed by atoms with Gasteiger partial charge in [-0.1, -0.05) is 0 Å². The normalized spacial score (nSPS) is 17.1. The van der Waals surface area contributed by atoms with E-state index in [2.05, 4.69) is 0 Å². The Morgan fingerprint density at radius 2 is 2.00 bits per heavy atom. The minimum Gasteiger partial charge on any atom is -0.478 e. The molecule has 0 atom stereocenters. The van der Waals surface area contributed by atoms with E-state index in [0.29, 0.717) is 25.9 Å². The molecular formula is C11H13NO5. The van der Waals surface area contributed by atoms with Crippen molar-refractivity contribution in [2.75, 3.05) is 13.1 Å². The van der Waals surface area contributed by atoms with Crippen molar-refractivity contribution in [2.45, 2.75) is 18.9 Å². The summed E-state index contributed by atoms with van der Waals surface area (Å²) in [4.78, 5) is 24.1. The first-order valence-corrected chi connectivity index (χ1v) is 5.37. The van der Waals surface area contributed by atoms with Crippen LogP contribution in [0.15, 0.2) is 16.7 Å². The van der Waals surface area contributed by atoms with Gasteiger partial charge in [-0.25, -0.2) is 4.79 Å². The number of furan rings is 1. The smallest absolute Gasteiger partial charge is 0.338 e. The third kappa shape index (κ3) is 2.47. The Hall–Kier alpha value is -1.82. The van der Waals surface area contributed by atoms with E-state index in [1.807, 2.05) is 0 Å². The van der Waals surface area contributed by atoms with Gasteiger partial charge in [0.1, 0.15) is 6.26 Å². The van der Waals surface area contributed by atoms with Crippen LogP contribution in [0.3, 0.4) is 0 Å². The van der Waals surface area contributed by atoms with Crippen LogP contribution in [-0.2, 0) is 0 Å². The molecule has 6 nitrogen and oxygen atoms in total. The maximum Gasteiger partial charge on any atom is 0.338 e. The van der Waals surface area contributed by atoms with Crippen molar-refractivity contribution in [3.63, 3.8) is 0 Å². The SMILES string of the molecule is O=C(O)c1coc(C(=O)N2CCC(O)CC2)c1. The Balaban J connectivity index is 2.06. The quantitative estimate of drug-likeness (QED) is 0.787. The lowest BCUT2D eigenvalue weighted by atomic mass is 10.1. The lowest BCUT2D eigenvalue weighted by molar-refractivity contribution is 0.0519. The lowest BCUT2D eigenvalue weighted by Crippen LogP contribution is -2.39. The Morgan fingerprint density at radius 1 is 1.35 bits per heavy atom. The molecule has 2 heterocycles. The fourth-order valence-corrected chi connectivity index (χ4v) is 1.79. The average molecular weight is 239 g/mol. The molecule has 0 aliphatic carbocycles. The summed E-state index contributed by atoms with van der Waals surface area (Å²) in [6, 6.07) is 1.22. The largest absolute Gasteiger partial charge is 0.478 e. The van der Waals surface area contributed by atoms with E-state index in [4.69, 9.17) is 9.52 Å². The summed E-state index contributed by atoms with van der Waals surface area (Å²) in [5.41, 5.74) is -0.0367. The van der Waals surface area contributed by atoms with Crippen molar-refractivity contribution < 1.29 is 24.2 Å². The highest BCUT2D eigenvalue weighted by Gasteiger charge is 2.25. The third-order valence-corrected chi connectivity index (χ3v) is 2.81. The summed E-state index contributed by atoms with van der Waals surface area (Å²) >= 11 is 0. The molecule has 0 bridgehead atoms. The lowest BCUT2D eigenvalue weighted by Gasteiger charge is -2.28. The van der Waals surface area contributed by atoms with Gasteiger partial charge in [-0.05, 0) is 12.8 Å². The minimum absolute atomic E-state index is 0.0267. The standard InChI is InChI=1S/C11H13NO5/c13-8-1-3-12(4-2-8)10(14)9-5-7(6-17-9)11(15)16/h5-6,8,13H,1-4H2,(H,15,16). The Kier molecular flexibility index (Phi) is 3.14. The van der Waals surface area contributed by atoms with Crippen LogP contribution >= 0.6 is 0 Å². The first-order valence-electron chi connectivity index (χ1n) is 5.37. The number of carbonyl (C=O) groups is 2. The zero-order chi connectivity index (χ0) is 12.4. The number of rotatable bonds is 2. The fraction of sp³-hybridized carbons (Fsp3) is 0.455. The van der Waals surface area contributed by atoms with Crippen molar-refractivity contribution >= 4 is 11.9 Å². The van der Waals surface area contributed by atoms with E-state index in [1.54, 1.807) is 4.90 Å². The average Bonchev–Trinajstić information content (AvgIpc) is 2.78. The number of aliphatic hydroxyl groups is 1. The second-order valence-corrected chi connectivity index (χ2v) is 4.03. The zero-order valence-electron chi connectivity index (χ0n) is 9.13. The molecule has 0 spiro atoms. The molecule has 6 heteroatoms. The molecule has 92 valence electrons. The highest BCUT2D eigenvalue weighted by Crippen LogP contribution is 2.15. The molecule has 0 radical (unpaired) electrons. The van der Waals surface area contributed by atoms with Crippen LogP contribution < -0.4 is 0 Å². The van der Waals surface area contributed by atoms with Gasteiger partial charge in [-0.3, -0.25) is 4.79 Å². The number of carbonyl (C=O) groups excluding carboxylic acids is 1. The van der Waals surface area contributed by atoms with E-state index in [1.165, 1.54) is 6.07 Å². The van der Waals surface area contributed by atoms with Gasteiger partial charge >= 0.3 is 5.97 Å². The predicted octanol–water partition coefficient (Wildman–Crippen LogP) is 0.575. The van der Waals surface area contributed by atoms with Crippen LogP contribution in [0.2, 0.25) is 0 Å². The van der Waals surface area contributed by atoms with Crippen molar-refractivity contribution in [3.8, 4) is 0 Å². The molecule has 1 fully saturated rings. The summed E-state index contributed by atoms with van der Waals surface area (Å²) in [7, 11) is 0. The van der Waals surface area contributed by atoms with Crippen molar-refractivity contribution in [1.82, 2.24) is 4.90 Å². The first kappa shape index (κ1) is 11.7. The van der Waals surface area contributed by atoms with Crippen LogP contribution in [0.4, 0.5) is 0 Å². The molecule has 2 rings (SSSR count). The van der Waals surface area contributed by atoms with Gasteiger partial charge in [0.15, 0.2) is 5.76 Å². The number of likely N-dealkylation sites (tertiary alicyclic amines) is 1. The second kappa shape index (κ2) is 4.58. The molecule has 17 heavy (non-hydrogen) atoms. The maximum absolute atomic E-state index is 11.9. The minimum atomic E-state index is -1.12. The molecular weight excluding hydrogens is 226 g/mol. The van der Waals surface area contributed by atoms with Gasteiger partial charge in [-0.15, -0.1) is 0 Å². The highest BCUT2D eigenvalue weighted by atomic mass is 16.4. The molecule has 0 saturated carbocycles. The van der Waals surface area contributed by atoms with Crippen molar-refractivity contribution in [3.05, 3.63) is 23.7 Å². The van der Waals surface area contributed by atoms with Crippen molar-refractivity contribution in [1.29, 1.82) is 0 Å². The number of nitrogens with zero attached hydrogens (tertiary/aromatic N) is 1. The summed E-state index contributed by atoms with van der Waals surface area (Å²) in [6.45, 7) is 0.923. The molecule has 1 amide bonds. The topological polar surface area (TPSA) is 91.0 Å². The van der Waals surface area contributed by atoms with Crippen molar-refractivity contribution in [2.24, 2.45) is 0 Å². The number of piperidine rings is 1. The number of carboxylic acid groups (broad SMARTS) is 1. The van der Waals surface area contributed by atoms with E-state index < -0.39 is 5.97 Å². The number of aliphatic hydroxyl groups excluding tert-OH is 1. The monoisotopic (exact) mass is 239 g/mol. The van der Waals surface area contributed by atoms with Gasteiger partial charge in [0, 0.05) is 19.2 Å². The molecule has 1 saturated heterocycles. The first-order chi connectivity index (χ1) is 8.08. The summed E-state index contributed by atoms with van der Waals surface area (Å²) in [5.74, 6) is -1.43. The van der Waals surface area contributed by atoms with Crippen LogP contribution in [0.1, 0.15) is 33.8 Å². The van der Waals surface area contributed by atoms with Crippen LogP contribution in [0, 0.1) is 0 Å². The molecule has 1 aromatic rings. The molecule has 2 N–H and O–H groups in total. The summed E-state index contributed by atoms with van der Waals surface area (Å²) in [6.07, 6.45) is 1.77. The van der Waals surface area contributed by atoms with E-state index >= 15 is 0 Å². The van der Waals surface area contributed by atoms with Gasteiger partial charge < -0.3 is 19.5 Å². The Bertz CT molecular complexity index is 431. The number of hydrogen-bond donors (Lipinski definition) is 2. The number of carboxylic acids is 1. The van der Waals surface area contributed by atoms with E-state index in [0.717, 1.165) is 6.26 Å². The van der Waals surface area contributed by atoms with Gasteiger partial charge in [0.25, 0.3) is 5.91 Å². The zero-order valence-corrected chi connectivity index (χ0v) is 9.13. The summed E-state index contributed by atoms with van der Waals surface area (Å²) < 4.78 is 4.93. The molecule has 1 aliphatic rings. The predicted molar refractivity (Wildman–Crippen MR) is 56.8 cm³/mol.